The summed E-state index contributed by atoms with van der Waals surface area (Å²) in [6, 6.07) is 63.7. The van der Waals surface area contributed by atoms with Crippen molar-refractivity contribution in [1.29, 1.82) is 0 Å². The second kappa shape index (κ2) is 10.6. The van der Waals surface area contributed by atoms with Gasteiger partial charge in [0.15, 0.2) is 0 Å². The molecule has 3 aromatic heterocycles. The Hall–Kier alpha value is -7.36. The molecule has 13 aromatic rings. The largest absolute Gasteiger partial charge is 0.456 e. The van der Waals surface area contributed by atoms with Crippen LogP contribution in [0.1, 0.15) is 0 Å². The van der Waals surface area contributed by atoms with E-state index in [1.165, 1.54) is 76.4 Å². The molecule has 0 saturated carbocycles. The van der Waals surface area contributed by atoms with E-state index in [-0.39, 0.29) is 0 Å². The Balaban J connectivity index is 1.02. The van der Waals surface area contributed by atoms with Gasteiger partial charge in [0.2, 0.25) is 0 Å². The predicted octanol–water partition coefficient (Wildman–Crippen LogP) is 14.8. The van der Waals surface area contributed by atoms with E-state index in [2.05, 4.69) is 168 Å². The van der Waals surface area contributed by atoms with Crippen LogP contribution in [0, 0.1) is 0 Å². The fourth-order valence-corrected chi connectivity index (χ4v) is 9.46. The molecular weight excluding hydrogens is 671 g/mol. The lowest BCUT2D eigenvalue weighted by atomic mass is 9.87. The molecule has 0 atom stereocenters. The van der Waals surface area contributed by atoms with Gasteiger partial charge in [-0.15, -0.1) is 0 Å². The highest BCUT2D eigenvalue weighted by molar-refractivity contribution is 6.28. The van der Waals surface area contributed by atoms with Crippen LogP contribution in [-0.2, 0) is 0 Å². The molecule has 0 aliphatic rings. The molecule has 0 bridgehead atoms. The minimum absolute atomic E-state index is 0.895. The third kappa shape index (κ3) is 3.99. The molecule has 0 unspecified atom stereocenters. The Labute approximate surface area is 314 Å². The molecule has 0 N–H and O–H groups in total. The summed E-state index contributed by atoms with van der Waals surface area (Å²) in [5.41, 5.74) is 11.9. The third-order valence-electron chi connectivity index (χ3n) is 11.9. The van der Waals surface area contributed by atoms with Crippen LogP contribution in [0.15, 0.2) is 185 Å². The van der Waals surface area contributed by atoms with Crippen LogP contribution in [0.5, 0.6) is 0 Å². The van der Waals surface area contributed by atoms with E-state index in [1.54, 1.807) is 0 Å². The second-order valence-corrected chi connectivity index (χ2v) is 14.8. The lowest BCUT2D eigenvalue weighted by Crippen LogP contribution is -1.92. The van der Waals surface area contributed by atoms with E-state index in [1.807, 2.05) is 12.1 Å². The molecule has 0 saturated heterocycles. The first-order valence-electron chi connectivity index (χ1n) is 18.8. The first-order chi connectivity index (χ1) is 27.2. The van der Waals surface area contributed by atoms with Gasteiger partial charge in [0.05, 0.1) is 11.0 Å². The summed E-state index contributed by atoms with van der Waals surface area (Å²) in [6.07, 6.45) is 0. The van der Waals surface area contributed by atoms with Crippen molar-refractivity contribution in [3.8, 4) is 27.9 Å². The van der Waals surface area contributed by atoms with Crippen molar-refractivity contribution < 1.29 is 8.83 Å². The molecule has 0 aliphatic carbocycles. The van der Waals surface area contributed by atoms with Crippen LogP contribution < -0.4 is 0 Å². The molecule has 3 heterocycles. The molecule has 3 heteroatoms. The molecule has 10 aromatic carbocycles. The summed E-state index contributed by atoms with van der Waals surface area (Å²) < 4.78 is 15.1. The van der Waals surface area contributed by atoms with Crippen molar-refractivity contribution in [3.05, 3.63) is 176 Å². The number of benzene rings is 10. The highest BCUT2D eigenvalue weighted by Gasteiger charge is 2.19. The van der Waals surface area contributed by atoms with Crippen molar-refractivity contribution in [2.75, 3.05) is 0 Å². The normalized spacial score (nSPS) is 12.4. The number of furan rings is 2. The zero-order chi connectivity index (χ0) is 35.8. The van der Waals surface area contributed by atoms with Gasteiger partial charge in [0.25, 0.3) is 0 Å². The van der Waals surface area contributed by atoms with Crippen LogP contribution in [0.2, 0.25) is 0 Å². The molecule has 254 valence electrons. The number of aromatic nitrogens is 1. The molecule has 3 nitrogen and oxygen atoms in total. The fourth-order valence-electron chi connectivity index (χ4n) is 9.46. The van der Waals surface area contributed by atoms with E-state index in [0.29, 0.717) is 0 Å². The number of rotatable bonds is 3. The standard InChI is InChI=1S/C52H29NO2/c1-2-8-34(9-3-1)53-45-12-6-4-10-37(45)41-29-50-44(28-46(41)53)43-27-33(19-25-49(43)55-50)36-21-15-31-16-22-39-35(20-14-30-17-23-40(36)52(31)51(30)39)32-18-24-48-42(26-32)38-11-5-7-13-47(38)54-48/h1-29H. The summed E-state index contributed by atoms with van der Waals surface area (Å²) >= 11 is 0. The number of hydrogen-bond acceptors (Lipinski definition) is 2. The summed E-state index contributed by atoms with van der Waals surface area (Å²) in [6.45, 7) is 0. The van der Waals surface area contributed by atoms with E-state index < -0.39 is 0 Å². The zero-order valence-electron chi connectivity index (χ0n) is 29.5. The lowest BCUT2D eigenvalue weighted by molar-refractivity contribution is 0.669. The number of fused-ring (bicyclic) bond motifs is 9. The maximum absolute atomic E-state index is 6.58. The molecule has 55 heavy (non-hydrogen) atoms. The molecule has 0 radical (unpaired) electrons. The van der Waals surface area contributed by atoms with Crippen LogP contribution >= 0.6 is 0 Å². The first-order valence-corrected chi connectivity index (χ1v) is 18.8. The Morgan fingerprint density at radius 2 is 0.855 bits per heavy atom. The Morgan fingerprint density at radius 1 is 0.309 bits per heavy atom. The molecule has 0 spiro atoms. The SMILES string of the molecule is c1ccc(-n2c3ccccc3c3cc4oc5ccc(-c6ccc7ccc8c(-c9ccc%10oc%11ccccc%11c%10c9)ccc9ccc6c7c98)cc5c4cc32)cc1. The van der Waals surface area contributed by atoms with Crippen LogP contribution in [0.3, 0.4) is 0 Å². The maximum Gasteiger partial charge on any atom is 0.136 e. The molecule has 0 amide bonds. The van der Waals surface area contributed by atoms with Gasteiger partial charge < -0.3 is 13.4 Å². The van der Waals surface area contributed by atoms with Crippen LogP contribution in [-0.4, -0.2) is 4.57 Å². The summed E-state index contributed by atoms with van der Waals surface area (Å²) in [5.74, 6) is 0. The van der Waals surface area contributed by atoms with Crippen LogP contribution in [0.25, 0.3) is 126 Å². The van der Waals surface area contributed by atoms with Gasteiger partial charge in [0.1, 0.15) is 22.3 Å². The van der Waals surface area contributed by atoms with Crippen molar-refractivity contribution in [1.82, 2.24) is 4.57 Å². The van der Waals surface area contributed by atoms with Crippen molar-refractivity contribution in [2.45, 2.75) is 0 Å². The van der Waals surface area contributed by atoms with Gasteiger partial charge in [-0.2, -0.15) is 0 Å². The lowest BCUT2D eigenvalue weighted by Gasteiger charge is -2.16. The minimum atomic E-state index is 0.895. The maximum atomic E-state index is 6.58. The average Bonchev–Trinajstić information content (AvgIpc) is 3.90. The fraction of sp³-hybridized carbons (Fsp3) is 0. The third-order valence-corrected chi connectivity index (χ3v) is 11.9. The van der Waals surface area contributed by atoms with Gasteiger partial charge in [0, 0.05) is 38.0 Å². The molecule has 0 fully saturated rings. The number of nitrogens with zero attached hydrogens (tertiary/aromatic N) is 1. The Morgan fingerprint density at radius 3 is 1.56 bits per heavy atom. The minimum Gasteiger partial charge on any atom is -0.456 e. The van der Waals surface area contributed by atoms with Crippen LogP contribution in [0.4, 0.5) is 0 Å². The van der Waals surface area contributed by atoms with E-state index >= 15 is 0 Å². The molecule has 13 rings (SSSR count). The summed E-state index contributed by atoms with van der Waals surface area (Å²) in [5, 5.41) is 14.5. The van der Waals surface area contributed by atoms with Crippen molar-refractivity contribution in [2.24, 2.45) is 0 Å². The second-order valence-electron chi connectivity index (χ2n) is 14.8. The number of hydrogen-bond donors (Lipinski definition) is 0. The number of para-hydroxylation sites is 3. The summed E-state index contributed by atoms with van der Waals surface area (Å²) in [4.78, 5) is 0. The molecular formula is C52H29NO2. The zero-order valence-corrected chi connectivity index (χ0v) is 29.5. The average molecular weight is 700 g/mol. The quantitative estimate of drug-likeness (QED) is 0.172. The predicted molar refractivity (Wildman–Crippen MR) is 230 cm³/mol. The van der Waals surface area contributed by atoms with Gasteiger partial charge in [-0.3, -0.25) is 0 Å². The molecule has 0 aliphatic heterocycles. The topological polar surface area (TPSA) is 31.2 Å². The van der Waals surface area contributed by atoms with Gasteiger partial charge >= 0.3 is 0 Å². The van der Waals surface area contributed by atoms with Crippen molar-refractivity contribution >= 4 is 98.0 Å². The van der Waals surface area contributed by atoms with Gasteiger partial charge in [-0.05, 0) is 115 Å². The van der Waals surface area contributed by atoms with Gasteiger partial charge in [-0.25, -0.2) is 0 Å². The monoisotopic (exact) mass is 699 g/mol. The van der Waals surface area contributed by atoms with E-state index in [9.17, 15) is 0 Å². The highest BCUT2D eigenvalue weighted by atomic mass is 16.3. The smallest absolute Gasteiger partial charge is 0.136 e. The van der Waals surface area contributed by atoms with Crippen molar-refractivity contribution in [3.63, 3.8) is 0 Å². The van der Waals surface area contributed by atoms with E-state index in [0.717, 1.165) is 49.6 Å². The van der Waals surface area contributed by atoms with E-state index in [4.69, 9.17) is 8.83 Å². The highest BCUT2D eigenvalue weighted by Crippen LogP contribution is 2.45. The first kappa shape index (κ1) is 29.1. The Bertz CT molecular complexity index is 3710. The van der Waals surface area contributed by atoms with Gasteiger partial charge in [-0.1, -0.05) is 115 Å². The Kier molecular flexibility index (Phi) is 5.63. The summed E-state index contributed by atoms with van der Waals surface area (Å²) in [7, 11) is 0.